The quantitative estimate of drug-likeness (QED) is 0.750. The third kappa shape index (κ3) is 2.90. The molecule has 1 atom stereocenters. The number of benzene rings is 1. The van der Waals surface area contributed by atoms with Crippen molar-refractivity contribution in [1.29, 1.82) is 0 Å². The first-order valence-corrected chi connectivity index (χ1v) is 5.59. The predicted molar refractivity (Wildman–Crippen MR) is 67.4 cm³/mol. The number of nitrogens with two attached hydrogens (primary N) is 1. The molecule has 1 rings (SSSR count). The summed E-state index contributed by atoms with van der Waals surface area (Å²) in [5.74, 6) is 0.387. The molecule has 0 fully saturated rings. The third-order valence-electron chi connectivity index (χ3n) is 2.76. The smallest absolute Gasteiger partial charge is 0.165 e. The fraction of sp³-hybridized carbons (Fsp3) is 0.538. The molecule has 0 aromatic heterocycles. The molecule has 0 amide bonds. The number of hydrogen-bond acceptors (Lipinski definition) is 4. The molecule has 0 aliphatic heterocycles. The van der Waals surface area contributed by atoms with E-state index >= 15 is 0 Å². The van der Waals surface area contributed by atoms with Crippen LogP contribution in [0, 0.1) is 0 Å². The Morgan fingerprint density at radius 1 is 1.35 bits per heavy atom. The van der Waals surface area contributed by atoms with Crippen LogP contribution in [-0.2, 0) is 5.41 Å². The summed E-state index contributed by atoms with van der Waals surface area (Å²) in [6.45, 7) is 5.94. The Morgan fingerprint density at radius 3 is 2.35 bits per heavy atom. The molecule has 4 nitrogen and oxygen atoms in total. The minimum atomic E-state index is -0.557. The van der Waals surface area contributed by atoms with Gasteiger partial charge < -0.3 is 20.7 Å². The lowest BCUT2D eigenvalue weighted by atomic mass is 9.85. The van der Waals surface area contributed by atoms with Gasteiger partial charge in [0, 0.05) is 5.56 Å². The van der Waals surface area contributed by atoms with E-state index in [9.17, 15) is 5.11 Å². The summed E-state index contributed by atoms with van der Waals surface area (Å²) in [7, 11) is 1.47. The molecule has 4 heteroatoms. The highest BCUT2D eigenvalue weighted by Gasteiger charge is 2.21. The highest BCUT2D eigenvalue weighted by molar-refractivity contribution is 5.51. The summed E-state index contributed by atoms with van der Waals surface area (Å²) >= 11 is 0. The van der Waals surface area contributed by atoms with Crippen LogP contribution in [0.1, 0.15) is 37.9 Å². The Bertz CT molecular complexity index is 396. The van der Waals surface area contributed by atoms with Gasteiger partial charge in [-0.15, -0.1) is 0 Å². The van der Waals surface area contributed by atoms with Crippen LogP contribution in [0.4, 0.5) is 0 Å². The van der Waals surface area contributed by atoms with Crippen LogP contribution < -0.4 is 10.5 Å². The first-order chi connectivity index (χ1) is 7.81. The van der Waals surface area contributed by atoms with Crippen LogP contribution in [-0.4, -0.2) is 23.9 Å². The number of methoxy groups -OCH3 is 1. The maximum Gasteiger partial charge on any atom is 0.165 e. The van der Waals surface area contributed by atoms with Gasteiger partial charge in [-0.3, -0.25) is 0 Å². The van der Waals surface area contributed by atoms with Gasteiger partial charge in [-0.25, -0.2) is 0 Å². The standard InChI is InChI=1S/C13H21NO3/c1-13(2,3)8-5-9(10(14)7-15)12(17-4)11(16)6-8/h5-6,10,15-16H,7,14H2,1-4H3. The Morgan fingerprint density at radius 2 is 1.94 bits per heavy atom. The highest BCUT2D eigenvalue weighted by Crippen LogP contribution is 2.38. The summed E-state index contributed by atoms with van der Waals surface area (Å²) in [4.78, 5) is 0. The predicted octanol–water partition coefficient (Wildman–Crippen LogP) is 1.69. The van der Waals surface area contributed by atoms with Gasteiger partial charge in [-0.2, -0.15) is 0 Å². The lowest BCUT2D eigenvalue weighted by Gasteiger charge is -2.23. The summed E-state index contributed by atoms with van der Waals surface area (Å²) in [6, 6.07) is 2.99. The maximum atomic E-state index is 9.92. The molecular weight excluding hydrogens is 218 g/mol. The molecule has 0 spiro atoms. The molecule has 0 saturated heterocycles. The number of rotatable bonds is 3. The van der Waals surface area contributed by atoms with Crippen molar-refractivity contribution in [2.24, 2.45) is 5.73 Å². The van der Waals surface area contributed by atoms with Crippen LogP contribution in [0.3, 0.4) is 0 Å². The van der Waals surface area contributed by atoms with E-state index in [2.05, 4.69) is 0 Å². The topological polar surface area (TPSA) is 75.7 Å². The molecule has 4 N–H and O–H groups in total. The van der Waals surface area contributed by atoms with Crippen molar-refractivity contribution in [2.75, 3.05) is 13.7 Å². The number of phenols is 1. The maximum absolute atomic E-state index is 9.92. The van der Waals surface area contributed by atoms with Crippen molar-refractivity contribution in [1.82, 2.24) is 0 Å². The van der Waals surface area contributed by atoms with Crippen molar-refractivity contribution in [3.05, 3.63) is 23.3 Å². The lowest BCUT2D eigenvalue weighted by Crippen LogP contribution is -2.18. The average molecular weight is 239 g/mol. The second kappa shape index (κ2) is 4.94. The number of phenolic OH excluding ortho intramolecular Hbond substituents is 1. The van der Waals surface area contributed by atoms with Gasteiger partial charge >= 0.3 is 0 Å². The normalized spacial score (nSPS) is 13.5. The summed E-state index contributed by atoms with van der Waals surface area (Å²) in [5.41, 5.74) is 7.29. The van der Waals surface area contributed by atoms with Crippen LogP contribution in [0.15, 0.2) is 12.1 Å². The summed E-state index contributed by atoms with van der Waals surface area (Å²) in [6.07, 6.45) is 0. The second-order valence-corrected chi connectivity index (χ2v) is 5.16. The molecule has 0 saturated carbocycles. The van der Waals surface area contributed by atoms with E-state index in [0.29, 0.717) is 11.3 Å². The van der Waals surface area contributed by atoms with Crippen molar-refractivity contribution < 1.29 is 14.9 Å². The van der Waals surface area contributed by atoms with E-state index in [1.165, 1.54) is 7.11 Å². The van der Waals surface area contributed by atoms with Crippen LogP contribution in [0.5, 0.6) is 11.5 Å². The number of aromatic hydroxyl groups is 1. The van der Waals surface area contributed by atoms with Crippen LogP contribution >= 0.6 is 0 Å². The molecule has 17 heavy (non-hydrogen) atoms. The van der Waals surface area contributed by atoms with E-state index in [1.54, 1.807) is 6.07 Å². The minimum Gasteiger partial charge on any atom is -0.504 e. The van der Waals surface area contributed by atoms with Gasteiger partial charge in [0.1, 0.15) is 0 Å². The Kier molecular flexibility index (Phi) is 4.01. The first kappa shape index (κ1) is 13.8. The molecule has 1 aromatic carbocycles. The zero-order chi connectivity index (χ0) is 13.2. The van der Waals surface area contributed by atoms with Crippen LogP contribution in [0.25, 0.3) is 0 Å². The SMILES string of the molecule is COc1c(O)cc(C(C)(C)C)cc1C(N)CO. The molecule has 0 bridgehead atoms. The zero-order valence-electron chi connectivity index (χ0n) is 10.8. The number of aliphatic hydroxyl groups is 1. The van der Waals surface area contributed by atoms with E-state index in [0.717, 1.165) is 5.56 Å². The summed E-state index contributed by atoms with van der Waals surface area (Å²) < 4.78 is 5.13. The Labute approximate surface area is 102 Å². The molecule has 0 aliphatic rings. The van der Waals surface area contributed by atoms with Crippen molar-refractivity contribution in [2.45, 2.75) is 32.2 Å². The Hall–Kier alpha value is -1.26. The zero-order valence-corrected chi connectivity index (χ0v) is 10.8. The highest BCUT2D eigenvalue weighted by atomic mass is 16.5. The van der Waals surface area contributed by atoms with Crippen LogP contribution in [0.2, 0.25) is 0 Å². The minimum absolute atomic E-state index is 0.0545. The monoisotopic (exact) mass is 239 g/mol. The molecule has 0 aliphatic carbocycles. The largest absolute Gasteiger partial charge is 0.504 e. The fourth-order valence-electron chi connectivity index (χ4n) is 1.66. The van der Waals surface area contributed by atoms with Gasteiger partial charge in [-0.1, -0.05) is 20.8 Å². The van der Waals surface area contributed by atoms with E-state index < -0.39 is 6.04 Å². The Balaban J connectivity index is 3.39. The molecule has 1 unspecified atom stereocenters. The molecule has 96 valence electrons. The third-order valence-corrected chi connectivity index (χ3v) is 2.76. The van der Waals surface area contributed by atoms with Gasteiger partial charge in [0.15, 0.2) is 11.5 Å². The molecule has 0 heterocycles. The van der Waals surface area contributed by atoms with Gasteiger partial charge in [0.05, 0.1) is 19.8 Å². The molecule has 0 radical (unpaired) electrons. The molecule has 1 aromatic rings. The van der Waals surface area contributed by atoms with Crippen molar-refractivity contribution in [3.8, 4) is 11.5 Å². The van der Waals surface area contributed by atoms with E-state index in [1.807, 2.05) is 26.8 Å². The summed E-state index contributed by atoms with van der Waals surface area (Å²) in [5, 5.41) is 19.0. The van der Waals surface area contributed by atoms with Crippen molar-refractivity contribution in [3.63, 3.8) is 0 Å². The van der Waals surface area contributed by atoms with Gasteiger partial charge in [0.25, 0.3) is 0 Å². The van der Waals surface area contributed by atoms with Gasteiger partial charge in [0.2, 0.25) is 0 Å². The first-order valence-electron chi connectivity index (χ1n) is 5.59. The number of hydrogen-bond donors (Lipinski definition) is 3. The van der Waals surface area contributed by atoms with E-state index in [-0.39, 0.29) is 17.8 Å². The van der Waals surface area contributed by atoms with Gasteiger partial charge in [-0.05, 0) is 23.1 Å². The lowest BCUT2D eigenvalue weighted by molar-refractivity contribution is 0.263. The van der Waals surface area contributed by atoms with E-state index in [4.69, 9.17) is 15.6 Å². The van der Waals surface area contributed by atoms with Crippen molar-refractivity contribution >= 4 is 0 Å². The second-order valence-electron chi connectivity index (χ2n) is 5.16. The fourth-order valence-corrected chi connectivity index (χ4v) is 1.66. The number of ether oxygens (including phenoxy) is 1. The molecular formula is C13H21NO3. The number of aliphatic hydroxyl groups excluding tert-OH is 1. The average Bonchev–Trinajstić information content (AvgIpc) is 2.25.